The molecule has 0 radical (unpaired) electrons. The van der Waals surface area contributed by atoms with E-state index >= 15 is 0 Å². The molecule has 0 saturated heterocycles. The summed E-state index contributed by atoms with van der Waals surface area (Å²) in [4.78, 5) is 22.5. The number of carbonyl (C=O) groups is 1. The quantitative estimate of drug-likeness (QED) is 0.475. The number of nitro benzene ring substituents is 1. The maximum absolute atomic E-state index is 12.1. The third-order valence-corrected chi connectivity index (χ3v) is 5.34. The monoisotopic (exact) mass is 356 g/mol. The highest BCUT2D eigenvalue weighted by Crippen LogP contribution is 2.37. The molecule has 0 aliphatic rings. The van der Waals surface area contributed by atoms with Crippen LogP contribution in [-0.4, -0.2) is 27.8 Å². The second-order valence-corrected chi connectivity index (χ2v) is 6.56. The van der Waals surface area contributed by atoms with Crippen LogP contribution < -0.4 is 10.6 Å². The summed E-state index contributed by atoms with van der Waals surface area (Å²) in [6.45, 7) is 0. The predicted octanol–water partition coefficient (Wildman–Crippen LogP) is 4.14. The number of rotatable bonds is 5. The first-order valence-corrected chi connectivity index (χ1v) is 9.18. The Kier molecular flexibility index (Phi) is 5.63. The van der Waals surface area contributed by atoms with Crippen molar-refractivity contribution in [3.63, 3.8) is 0 Å². The topological polar surface area (TPSA) is 97.2 Å². The summed E-state index contributed by atoms with van der Waals surface area (Å²) in [5, 5.41) is 16.9. The molecular formula is C12H12N4O3S3. The molecule has 10 heteroatoms. The summed E-state index contributed by atoms with van der Waals surface area (Å²) in [7, 11) is 0. The fraction of sp³-hybridized carbons (Fsp3) is 0.167. The van der Waals surface area contributed by atoms with Gasteiger partial charge in [-0.1, -0.05) is 12.1 Å². The van der Waals surface area contributed by atoms with E-state index in [-0.39, 0.29) is 11.4 Å². The molecule has 0 fully saturated rings. The van der Waals surface area contributed by atoms with E-state index in [0.717, 1.165) is 4.21 Å². The summed E-state index contributed by atoms with van der Waals surface area (Å²) in [5.74, 6) is 0. The van der Waals surface area contributed by atoms with Crippen LogP contribution in [-0.2, 0) is 0 Å². The van der Waals surface area contributed by atoms with Crippen molar-refractivity contribution in [2.24, 2.45) is 0 Å². The van der Waals surface area contributed by atoms with Crippen LogP contribution in [0.4, 0.5) is 21.9 Å². The minimum Gasteiger partial charge on any atom is -0.303 e. The standard InChI is InChI=1S/C12H12N4O3S3/c1-20-10-9(11(21-2)22-15-10)14-12(17)13-7-5-3-4-6-8(7)16(18)19/h3-6H,1-2H3,(H2,13,14,17). The number of amides is 2. The molecule has 22 heavy (non-hydrogen) atoms. The lowest BCUT2D eigenvalue weighted by Gasteiger charge is -2.08. The first-order valence-electron chi connectivity index (χ1n) is 5.96. The molecule has 2 aromatic rings. The Labute approximate surface area is 139 Å². The molecule has 0 aliphatic carbocycles. The molecule has 1 heterocycles. The van der Waals surface area contributed by atoms with E-state index in [4.69, 9.17) is 0 Å². The minimum atomic E-state index is -0.542. The fourth-order valence-corrected chi connectivity index (χ4v) is 3.80. The molecule has 0 atom stereocenters. The van der Waals surface area contributed by atoms with E-state index in [1.54, 1.807) is 12.1 Å². The van der Waals surface area contributed by atoms with Crippen molar-refractivity contribution < 1.29 is 9.72 Å². The van der Waals surface area contributed by atoms with Crippen molar-refractivity contribution in [2.45, 2.75) is 9.24 Å². The Hall–Kier alpha value is -1.78. The van der Waals surface area contributed by atoms with E-state index in [1.165, 1.54) is 47.2 Å². The van der Waals surface area contributed by atoms with Gasteiger partial charge in [0.15, 0.2) is 0 Å². The van der Waals surface area contributed by atoms with Gasteiger partial charge in [-0.2, -0.15) is 4.37 Å². The van der Waals surface area contributed by atoms with Crippen LogP contribution >= 0.6 is 35.1 Å². The van der Waals surface area contributed by atoms with Crippen LogP contribution in [0.15, 0.2) is 33.5 Å². The number of benzene rings is 1. The first kappa shape index (κ1) is 16.6. The van der Waals surface area contributed by atoms with E-state index in [2.05, 4.69) is 15.0 Å². The van der Waals surface area contributed by atoms with E-state index < -0.39 is 11.0 Å². The van der Waals surface area contributed by atoms with Crippen LogP contribution in [0.2, 0.25) is 0 Å². The number of carbonyl (C=O) groups excluding carboxylic acids is 1. The van der Waals surface area contributed by atoms with E-state index in [0.29, 0.717) is 10.7 Å². The maximum atomic E-state index is 12.1. The van der Waals surface area contributed by atoms with Crippen molar-refractivity contribution in [2.75, 3.05) is 23.1 Å². The molecule has 2 N–H and O–H groups in total. The Morgan fingerprint density at radius 2 is 2.00 bits per heavy atom. The van der Waals surface area contributed by atoms with Crippen LogP contribution in [0.3, 0.4) is 0 Å². The van der Waals surface area contributed by atoms with Crippen LogP contribution in [0.25, 0.3) is 0 Å². The van der Waals surface area contributed by atoms with Crippen molar-refractivity contribution in [3.05, 3.63) is 34.4 Å². The summed E-state index contributed by atoms with van der Waals surface area (Å²) in [6.07, 6.45) is 3.76. The molecule has 0 aliphatic heterocycles. The second kappa shape index (κ2) is 7.47. The van der Waals surface area contributed by atoms with Gasteiger partial charge in [0.2, 0.25) is 0 Å². The maximum Gasteiger partial charge on any atom is 0.324 e. The summed E-state index contributed by atoms with van der Waals surface area (Å²) >= 11 is 4.20. The van der Waals surface area contributed by atoms with Crippen LogP contribution in [0, 0.1) is 10.1 Å². The zero-order chi connectivity index (χ0) is 16.1. The smallest absolute Gasteiger partial charge is 0.303 e. The minimum absolute atomic E-state index is 0.143. The third kappa shape index (κ3) is 3.70. The third-order valence-electron chi connectivity index (χ3n) is 2.60. The molecule has 0 bridgehead atoms. The number of nitrogens with one attached hydrogen (secondary N) is 2. The van der Waals surface area contributed by atoms with Gasteiger partial charge in [0, 0.05) is 6.07 Å². The molecule has 116 valence electrons. The summed E-state index contributed by atoms with van der Waals surface area (Å²) in [6, 6.07) is 5.44. The average Bonchev–Trinajstić information content (AvgIpc) is 2.89. The van der Waals surface area contributed by atoms with E-state index in [9.17, 15) is 14.9 Å². The number of nitro groups is 1. The highest BCUT2D eigenvalue weighted by molar-refractivity contribution is 8.01. The number of hydrogen-bond donors (Lipinski definition) is 2. The van der Waals surface area contributed by atoms with Gasteiger partial charge in [-0.05, 0) is 30.1 Å². The molecule has 1 aromatic carbocycles. The molecule has 2 amide bonds. The number of thioether (sulfide) groups is 2. The lowest BCUT2D eigenvalue weighted by molar-refractivity contribution is -0.383. The van der Waals surface area contributed by atoms with Crippen LogP contribution in [0.5, 0.6) is 0 Å². The van der Waals surface area contributed by atoms with Crippen molar-refractivity contribution >= 4 is 58.1 Å². The lowest BCUT2D eigenvalue weighted by Crippen LogP contribution is -2.20. The number of nitrogens with zero attached hydrogens (tertiary/aromatic N) is 2. The predicted molar refractivity (Wildman–Crippen MR) is 91.4 cm³/mol. The van der Waals surface area contributed by atoms with Gasteiger partial charge in [0.1, 0.15) is 20.6 Å². The normalized spacial score (nSPS) is 10.3. The fourth-order valence-electron chi connectivity index (χ4n) is 1.65. The van der Waals surface area contributed by atoms with Crippen molar-refractivity contribution in [3.8, 4) is 0 Å². The van der Waals surface area contributed by atoms with E-state index in [1.807, 2.05) is 12.5 Å². The first-order chi connectivity index (χ1) is 10.6. The second-order valence-electron chi connectivity index (χ2n) is 3.91. The average molecular weight is 356 g/mol. The van der Waals surface area contributed by atoms with Gasteiger partial charge in [0.25, 0.3) is 5.69 Å². The number of para-hydroxylation sites is 2. The number of urea groups is 1. The SMILES string of the molecule is CSc1nsc(SC)c1NC(=O)Nc1ccccc1[N+](=O)[O-]. The highest BCUT2D eigenvalue weighted by atomic mass is 32.2. The van der Waals surface area contributed by atoms with Gasteiger partial charge in [-0.3, -0.25) is 10.1 Å². The molecule has 0 spiro atoms. The zero-order valence-corrected chi connectivity index (χ0v) is 14.1. The van der Waals surface area contributed by atoms with Gasteiger partial charge in [-0.15, -0.1) is 23.5 Å². The molecule has 0 saturated carbocycles. The molecule has 1 aromatic heterocycles. The Balaban J connectivity index is 2.18. The number of hydrogen-bond acceptors (Lipinski definition) is 7. The Morgan fingerprint density at radius 1 is 1.27 bits per heavy atom. The largest absolute Gasteiger partial charge is 0.324 e. The van der Waals surface area contributed by atoms with Crippen molar-refractivity contribution in [1.29, 1.82) is 0 Å². The van der Waals surface area contributed by atoms with Gasteiger partial charge in [-0.25, -0.2) is 4.79 Å². The molecule has 0 unspecified atom stereocenters. The van der Waals surface area contributed by atoms with Gasteiger partial charge >= 0.3 is 6.03 Å². The highest BCUT2D eigenvalue weighted by Gasteiger charge is 2.18. The molecule has 2 rings (SSSR count). The summed E-state index contributed by atoms with van der Waals surface area (Å²) in [5.41, 5.74) is 0.613. The number of anilines is 2. The summed E-state index contributed by atoms with van der Waals surface area (Å²) < 4.78 is 5.12. The molecular weight excluding hydrogens is 344 g/mol. The van der Waals surface area contributed by atoms with Gasteiger partial charge < -0.3 is 10.6 Å². The number of aromatic nitrogens is 1. The lowest BCUT2D eigenvalue weighted by atomic mass is 10.3. The van der Waals surface area contributed by atoms with Gasteiger partial charge in [0.05, 0.1) is 4.92 Å². The van der Waals surface area contributed by atoms with Crippen LogP contribution in [0.1, 0.15) is 0 Å². The van der Waals surface area contributed by atoms with Crippen molar-refractivity contribution in [1.82, 2.24) is 4.37 Å². The Morgan fingerprint density at radius 3 is 2.64 bits per heavy atom. The zero-order valence-electron chi connectivity index (χ0n) is 11.7. The molecule has 7 nitrogen and oxygen atoms in total. The Bertz CT molecular complexity index is 683.